The van der Waals surface area contributed by atoms with Gasteiger partial charge in [-0.3, -0.25) is 0 Å². The SMILES string of the molecule is CO/N=C(/C(=O)OC)C1=C(COc2cccc(I)c2)CC(C)=C(C)C1. The minimum atomic E-state index is -0.504. The molecule has 0 fully saturated rings. The number of methoxy groups -OCH3 is 1. The van der Waals surface area contributed by atoms with Crippen molar-refractivity contribution in [2.75, 3.05) is 20.8 Å². The molecule has 2 rings (SSSR count). The standard InChI is InChI=1S/C19H22INO4/c1-12-8-14(11-25-16-7-5-6-15(20)10-16)17(9-13(12)2)18(21-24-4)19(22)23-3/h5-7,10H,8-9,11H2,1-4H3/b21-18+. The Morgan fingerprint density at radius 1 is 1.20 bits per heavy atom. The second-order valence-corrected chi connectivity index (χ2v) is 7.10. The largest absolute Gasteiger partial charge is 0.489 e. The molecule has 0 aromatic heterocycles. The van der Waals surface area contributed by atoms with Gasteiger partial charge in [-0.05, 0) is 78.6 Å². The molecule has 25 heavy (non-hydrogen) atoms. The maximum Gasteiger partial charge on any atom is 0.360 e. The third-order valence-electron chi connectivity index (χ3n) is 4.13. The monoisotopic (exact) mass is 455 g/mol. The Morgan fingerprint density at radius 2 is 1.92 bits per heavy atom. The molecule has 1 aromatic carbocycles. The third-order valence-corrected chi connectivity index (χ3v) is 4.80. The second-order valence-electron chi connectivity index (χ2n) is 5.86. The molecule has 0 amide bonds. The van der Waals surface area contributed by atoms with Gasteiger partial charge in [0.1, 0.15) is 19.5 Å². The number of ether oxygens (including phenoxy) is 2. The molecule has 6 heteroatoms. The van der Waals surface area contributed by atoms with Gasteiger partial charge in [-0.1, -0.05) is 22.4 Å². The molecular formula is C19H22INO4. The molecule has 0 bridgehead atoms. The van der Waals surface area contributed by atoms with Gasteiger partial charge in [-0.2, -0.15) is 0 Å². The van der Waals surface area contributed by atoms with Crippen LogP contribution in [0, 0.1) is 3.57 Å². The number of nitrogens with zero attached hydrogens (tertiary/aromatic N) is 1. The van der Waals surface area contributed by atoms with Gasteiger partial charge in [0.05, 0.1) is 7.11 Å². The van der Waals surface area contributed by atoms with Gasteiger partial charge >= 0.3 is 5.97 Å². The quantitative estimate of drug-likeness (QED) is 0.211. The summed E-state index contributed by atoms with van der Waals surface area (Å²) in [6.07, 6.45) is 1.37. The summed E-state index contributed by atoms with van der Waals surface area (Å²) in [6.45, 7) is 4.55. The van der Waals surface area contributed by atoms with E-state index in [4.69, 9.17) is 14.3 Å². The van der Waals surface area contributed by atoms with Crippen molar-refractivity contribution in [3.8, 4) is 5.75 Å². The fraction of sp³-hybridized carbons (Fsp3) is 0.368. The van der Waals surface area contributed by atoms with Crippen molar-refractivity contribution in [1.82, 2.24) is 0 Å². The number of rotatable bonds is 6. The second kappa shape index (κ2) is 9.03. The van der Waals surface area contributed by atoms with Crippen LogP contribution in [0.4, 0.5) is 0 Å². The Bertz CT molecular complexity index is 750. The van der Waals surface area contributed by atoms with Gasteiger partial charge in [0.2, 0.25) is 0 Å². The highest BCUT2D eigenvalue weighted by Gasteiger charge is 2.26. The summed E-state index contributed by atoms with van der Waals surface area (Å²) in [6, 6.07) is 7.86. The molecule has 0 saturated carbocycles. The first-order valence-corrected chi connectivity index (χ1v) is 8.98. The van der Waals surface area contributed by atoms with Crippen molar-refractivity contribution in [1.29, 1.82) is 0 Å². The average molecular weight is 455 g/mol. The number of hydrogen-bond donors (Lipinski definition) is 0. The smallest absolute Gasteiger partial charge is 0.360 e. The Kier molecular flexibility index (Phi) is 7.04. The molecule has 0 spiro atoms. The van der Waals surface area contributed by atoms with Crippen LogP contribution in [0.25, 0.3) is 0 Å². The van der Waals surface area contributed by atoms with Crippen LogP contribution in [0.15, 0.2) is 51.7 Å². The van der Waals surface area contributed by atoms with Gasteiger partial charge < -0.3 is 14.3 Å². The highest BCUT2D eigenvalue weighted by Crippen LogP contribution is 2.31. The van der Waals surface area contributed by atoms with E-state index in [2.05, 4.69) is 41.6 Å². The summed E-state index contributed by atoms with van der Waals surface area (Å²) in [5.74, 6) is 0.293. The van der Waals surface area contributed by atoms with Crippen LogP contribution in [0.2, 0.25) is 0 Å². The lowest BCUT2D eigenvalue weighted by atomic mass is 9.85. The van der Waals surface area contributed by atoms with Crippen LogP contribution < -0.4 is 4.74 Å². The van der Waals surface area contributed by atoms with Crippen molar-refractivity contribution in [3.05, 3.63) is 50.1 Å². The number of oxime groups is 1. The summed E-state index contributed by atoms with van der Waals surface area (Å²) in [4.78, 5) is 17.0. The number of carbonyl (C=O) groups excluding carboxylic acids is 1. The van der Waals surface area contributed by atoms with Gasteiger partial charge in [-0.15, -0.1) is 0 Å². The van der Waals surface area contributed by atoms with E-state index >= 15 is 0 Å². The lowest BCUT2D eigenvalue weighted by Crippen LogP contribution is -2.24. The molecule has 5 nitrogen and oxygen atoms in total. The topological polar surface area (TPSA) is 57.1 Å². The van der Waals surface area contributed by atoms with Crippen molar-refractivity contribution >= 4 is 34.3 Å². The lowest BCUT2D eigenvalue weighted by molar-refractivity contribution is -0.132. The molecule has 134 valence electrons. The summed E-state index contributed by atoms with van der Waals surface area (Å²) in [7, 11) is 2.76. The molecule has 1 aromatic rings. The molecule has 0 aliphatic heterocycles. The number of allylic oxidation sites excluding steroid dienone is 2. The fourth-order valence-electron chi connectivity index (χ4n) is 2.64. The third kappa shape index (κ3) is 5.07. The first kappa shape index (κ1) is 19.5. The van der Waals surface area contributed by atoms with E-state index in [1.165, 1.54) is 25.4 Å². The predicted octanol–water partition coefficient (Wildman–Crippen LogP) is 4.27. The van der Waals surface area contributed by atoms with Crippen molar-refractivity contribution in [3.63, 3.8) is 0 Å². The molecule has 1 aliphatic carbocycles. The van der Waals surface area contributed by atoms with E-state index < -0.39 is 5.97 Å². The van der Waals surface area contributed by atoms with Crippen LogP contribution >= 0.6 is 22.6 Å². The molecule has 0 radical (unpaired) electrons. The normalized spacial score (nSPS) is 15.3. The first-order valence-electron chi connectivity index (χ1n) is 7.90. The highest BCUT2D eigenvalue weighted by atomic mass is 127. The van der Waals surface area contributed by atoms with E-state index in [9.17, 15) is 4.79 Å². The predicted molar refractivity (Wildman–Crippen MR) is 106 cm³/mol. The zero-order valence-corrected chi connectivity index (χ0v) is 17.0. The minimum Gasteiger partial charge on any atom is -0.489 e. The molecule has 0 atom stereocenters. The van der Waals surface area contributed by atoms with Crippen molar-refractivity contribution in [2.24, 2.45) is 5.16 Å². The molecule has 0 heterocycles. The van der Waals surface area contributed by atoms with Gasteiger partial charge in [0.15, 0.2) is 5.71 Å². The number of hydrogen-bond acceptors (Lipinski definition) is 5. The maximum absolute atomic E-state index is 12.1. The van der Waals surface area contributed by atoms with E-state index in [1.807, 2.05) is 24.3 Å². The summed E-state index contributed by atoms with van der Waals surface area (Å²) in [5.41, 5.74) is 4.55. The Balaban J connectivity index is 2.32. The van der Waals surface area contributed by atoms with E-state index in [0.717, 1.165) is 26.9 Å². The summed E-state index contributed by atoms with van der Waals surface area (Å²) >= 11 is 2.25. The molecule has 1 aliphatic rings. The number of esters is 1. The van der Waals surface area contributed by atoms with Gasteiger partial charge in [-0.25, -0.2) is 4.79 Å². The minimum absolute atomic E-state index is 0.207. The maximum atomic E-state index is 12.1. The Labute approximate surface area is 161 Å². The Hall–Kier alpha value is -1.83. The van der Waals surface area contributed by atoms with E-state index in [-0.39, 0.29) is 5.71 Å². The van der Waals surface area contributed by atoms with Gasteiger partial charge in [0.25, 0.3) is 0 Å². The highest BCUT2D eigenvalue weighted by molar-refractivity contribution is 14.1. The van der Waals surface area contributed by atoms with E-state index in [0.29, 0.717) is 13.0 Å². The van der Waals surface area contributed by atoms with Crippen molar-refractivity contribution in [2.45, 2.75) is 26.7 Å². The van der Waals surface area contributed by atoms with Crippen LogP contribution in [0.5, 0.6) is 5.75 Å². The molecule has 0 N–H and O–H groups in total. The summed E-state index contributed by atoms with van der Waals surface area (Å²) in [5, 5.41) is 3.90. The number of halogens is 1. The van der Waals surface area contributed by atoms with Gasteiger partial charge in [0, 0.05) is 3.57 Å². The number of carbonyl (C=O) groups is 1. The van der Waals surface area contributed by atoms with Crippen LogP contribution in [0.1, 0.15) is 26.7 Å². The molecule has 0 saturated heterocycles. The van der Waals surface area contributed by atoms with Crippen LogP contribution in [-0.4, -0.2) is 32.5 Å². The van der Waals surface area contributed by atoms with Crippen molar-refractivity contribution < 1.29 is 19.1 Å². The fourth-order valence-corrected chi connectivity index (χ4v) is 3.15. The van der Waals surface area contributed by atoms with Crippen LogP contribution in [0.3, 0.4) is 0 Å². The lowest BCUT2D eigenvalue weighted by Gasteiger charge is -2.23. The Morgan fingerprint density at radius 3 is 2.56 bits per heavy atom. The first-order chi connectivity index (χ1) is 12.0. The average Bonchev–Trinajstić information content (AvgIpc) is 2.60. The molecular weight excluding hydrogens is 433 g/mol. The zero-order valence-electron chi connectivity index (χ0n) is 14.9. The molecule has 0 unspecified atom stereocenters. The van der Waals surface area contributed by atoms with E-state index in [1.54, 1.807) is 0 Å². The van der Waals surface area contributed by atoms with Crippen LogP contribution in [-0.2, 0) is 14.4 Å². The summed E-state index contributed by atoms with van der Waals surface area (Å²) < 4.78 is 11.9. The number of benzene rings is 1. The zero-order chi connectivity index (χ0) is 18.4.